The Hall–Kier alpha value is -2.10. The highest BCUT2D eigenvalue weighted by Crippen LogP contribution is 2.35. The molecule has 0 unspecified atom stereocenters. The van der Waals surface area contributed by atoms with Crippen LogP contribution in [-0.2, 0) is 5.41 Å². The maximum Gasteiger partial charge on any atom is 0.358 e. The van der Waals surface area contributed by atoms with E-state index >= 15 is 0 Å². The quantitative estimate of drug-likeness (QED) is 0.881. The van der Waals surface area contributed by atoms with Crippen LogP contribution in [0.15, 0.2) is 34.9 Å². The predicted octanol–water partition coefficient (Wildman–Crippen LogP) is 3.34. The molecule has 0 spiro atoms. The fourth-order valence-corrected chi connectivity index (χ4v) is 1.92. The van der Waals surface area contributed by atoms with Crippen molar-refractivity contribution >= 4 is 5.97 Å². The summed E-state index contributed by atoms with van der Waals surface area (Å²) in [7, 11) is 0. The third-order valence-electron chi connectivity index (χ3n) is 2.68. The van der Waals surface area contributed by atoms with E-state index in [9.17, 15) is 4.79 Å². The van der Waals surface area contributed by atoms with Gasteiger partial charge in [0, 0.05) is 11.1 Å². The summed E-state index contributed by atoms with van der Waals surface area (Å²) >= 11 is 0. The molecule has 4 heteroatoms. The van der Waals surface area contributed by atoms with E-state index in [0.29, 0.717) is 11.3 Å². The fourth-order valence-electron chi connectivity index (χ4n) is 1.92. The van der Waals surface area contributed by atoms with Gasteiger partial charge in [-0.3, -0.25) is 0 Å². The van der Waals surface area contributed by atoms with Crippen molar-refractivity contribution in [3.05, 3.63) is 41.6 Å². The third-order valence-corrected chi connectivity index (χ3v) is 2.68. The monoisotopic (exact) mass is 245 g/mol. The van der Waals surface area contributed by atoms with Crippen LogP contribution in [0.1, 0.15) is 36.8 Å². The van der Waals surface area contributed by atoms with E-state index in [-0.39, 0.29) is 11.1 Å². The van der Waals surface area contributed by atoms with Crippen LogP contribution in [0.5, 0.6) is 0 Å². The normalized spacial score (nSPS) is 11.5. The van der Waals surface area contributed by atoms with Crippen molar-refractivity contribution in [1.82, 2.24) is 5.16 Å². The molecule has 1 aromatic carbocycles. The molecule has 1 heterocycles. The summed E-state index contributed by atoms with van der Waals surface area (Å²) in [5.74, 6) is -0.536. The van der Waals surface area contributed by atoms with Crippen molar-refractivity contribution in [3.8, 4) is 11.3 Å². The Morgan fingerprint density at radius 2 is 1.83 bits per heavy atom. The van der Waals surface area contributed by atoms with Gasteiger partial charge >= 0.3 is 5.97 Å². The zero-order chi connectivity index (χ0) is 13.3. The topological polar surface area (TPSA) is 63.3 Å². The molecule has 0 fully saturated rings. The van der Waals surface area contributed by atoms with Gasteiger partial charge in [0.05, 0.1) is 0 Å². The Bertz CT molecular complexity index is 564. The first-order chi connectivity index (χ1) is 8.41. The number of aromatic nitrogens is 1. The van der Waals surface area contributed by atoms with Gasteiger partial charge in [0.1, 0.15) is 0 Å². The summed E-state index contributed by atoms with van der Waals surface area (Å²) in [6.45, 7) is 5.83. The number of hydrogen-bond acceptors (Lipinski definition) is 3. The Balaban J connectivity index is 2.67. The maximum atomic E-state index is 11.2. The second kappa shape index (κ2) is 4.29. The molecule has 0 amide bonds. The van der Waals surface area contributed by atoms with Gasteiger partial charge in [0.15, 0.2) is 11.5 Å². The minimum absolute atomic E-state index is 0.0126. The van der Waals surface area contributed by atoms with Crippen molar-refractivity contribution in [3.63, 3.8) is 0 Å². The Morgan fingerprint density at radius 3 is 2.33 bits per heavy atom. The SMILES string of the molecule is CC(C)(C)c1c(C(=O)O)noc1-c1ccccc1. The summed E-state index contributed by atoms with van der Waals surface area (Å²) in [5, 5.41) is 12.9. The van der Waals surface area contributed by atoms with Gasteiger partial charge in [-0.2, -0.15) is 0 Å². The predicted molar refractivity (Wildman–Crippen MR) is 67.6 cm³/mol. The summed E-state index contributed by atoms with van der Waals surface area (Å²) < 4.78 is 5.24. The lowest BCUT2D eigenvalue weighted by atomic mass is 9.84. The third kappa shape index (κ3) is 2.14. The molecule has 0 aliphatic heterocycles. The standard InChI is InChI=1S/C14H15NO3/c1-14(2,3)10-11(13(16)17)15-18-12(10)9-7-5-4-6-8-9/h4-8H,1-3H3,(H,16,17). The number of hydrogen-bond donors (Lipinski definition) is 1. The zero-order valence-electron chi connectivity index (χ0n) is 10.6. The molecule has 0 radical (unpaired) electrons. The molecule has 1 aromatic heterocycles. The average molecular weight is 245 g/mol. The van der Waals surface area contributed by atoms with Gasteiger partial charge in [-0.1, -0.05) is 56.3 Å². The van der Waals surface area contributed by atoms with E-state index in [0.717, 1.165) is 5.56 Å². The summed E-state index contributed by atoms with van der Waals surface area (Å²) in [6, 6.07) is 9.41. The van der Waals surface area contributed by atoms with Crippen molar-refractivity contribution < 1.29 is 14.4 Å². The molecule has 0 bridgehead atoms. The lowest BCUT2D eigenvalue weighted by Gasteiger charge is -2.18. The number of rotatable bonds is 2. The summed E-state index contributed by atoms with van der Waals surface area (Å²) in [6.07, 6.45) is 0. The molecule has 0 aliphatic rings. The van der Waals surface area contributed by atoms with E-state index < -0.39 is 5.97 Å². The number of benzene rings is 1. The van der Waals surface area contributed by atoms with Gasteiger partial charge < -0.3 is 9.63 Å². The van der Waals surface area contributed by atoms with Crippen LogP contribution < -0.4 is 0 Å². The van der Waals surface area contributed by atoms with Gasteiger partial charge in [-0.05, 0) is 5.41 Å². The first-order valence-corrected chi connectivity index (χ1v) is 5.70. The van der Waals surface area contributed by atoms with Crippen molar-refractivity contribution in [2.75, 3.05) is 0 Å². The largest absolute Gasteiger partial charge is 0.476 e. The fraction of sp³-hybridized carbons (Fsp3) is 0.286. The molecule has 4 nitrogen and oxygen atoms in total. The molecular formula is C14H15NO3. The van der Waals surface area contributed by atoms with Crippen molar-refractivity contribution in [1.29, 1.82) is 0 Å². The molecule has 94 valence electrons. The van der Waals surface area contributed by atoms with Gasteiger partial charge in [-0.15, -0.1) is 0 Å². The summed E-state index contributed by atoms with van der Waals surface area (Å²) in [5.41, 5.74) is 1.10. The van der Waals surface area contributed by atoms with Crippen LogP contribution in [0.4, 0.5) is 0 Å². The van der Waals surface area contributed by atoms with E-state index in [1.54, 1.807) is 0 Å². The summed E-state index contributed by atoms with van der Waals surface area (Å²) in [4.78, 5) is 11.2. The molecule has 2 aromatic rings. The number of carboxylic acid groups (broad SMARTS) is 1. The number of carboxylic acids is 1. The number of nitrogens with zero attached hydrogens (tertiary/aromatic N) is 1. The highest BCUT2D eigenvalue weighted by atomic mass is 16.5. The molecule has 0 atom stereocenters. The maximum absolute atomic E-state index is 11.2. The number of carbonyl (C=O) groups is 1. The smallest absolute Gasteiger partial charge is 0.358 e. The Morgan fingerprint density at radius 1 is 1.22 bits per heavy atom. The second-order valence-electron chi connectivity index (χ2n) is 5.16. The highest BCUT2D eigenvalue weighted by Gasteiger charge is 2.31. The van der Waals surface area contributed by atoms with Crippen LogP contribution in [-0.4, -0.2) is 16.2 Å². The zero-order valence-corrected chi connectivity index (χ0v) is 10.6. The van der Waals surface area contributed by atoms with Crippen LogP contribution >= 0.6 is 0 Å². The van der Waals surface area contributed by atoms with Gasteiger partial charge in [0.25, 0.3) is 0 Å². The minimum atomic E-state index is -1.06. The van der Waals surface area contributed by atoms with Crippen molar-refractivity contribution in [2.45, 2.75) is 26.2 Å². The first kappa shape index (κ1) is 12.4. The van der Waals surface area contributed by atoms with Gasteiger partial charge in [-0.25, -0.2) is 4.79 Å². The average Bonchev–Trinajstić information content (AvgIpc) is 2.74. The minimum Gasteiger partial charge on any atom is -0.476 e. The van der Waals surface area contributed by atoms with E-state index in [2.05, 4.69) is 5.16 Å². The van der Waals surface area contributed by atoms with Crippen LogP contribution in [0.25, 0.3) is 11.3 Å². The molecule has 0 aliphatic carbocycles. The lowest BCUT2D eigenvalue weighted by molar-refractivity contribution is 0.0683. The second-order valence-corrected chi connectivity index (χ2v) is 5.16. The molecule has 0 saturated heterocycles. The van der Waals surface area contributed by atoms with E-state index in [1.807, 2.05) is 51.1 Å². The Kier molecular flexibility index (Phi) is 2.95. The molecule has 2 rings (SSSR count). The Labute approximate surface area is 105 Å². The molecular weight excluding hydrogens is 230 g/mol. The van der Waals surface area contributed by atoms with Gasteiger partial charge in [0.2, 0.25) is 0 Å². The van der Waals surface area contributed by atoms with Crippen LogP contribution in [0, 0.1) is 0 Å². The number of aromatic carboxylic acids is 1. The molecule has 1 N–H and O–H groups in total. The molecule has 0 saturated carbocycles. The van der Waals surface area contributed by atoms with Crippen molar-refractivity contribution in [2.24, 2.45) is 0 Å². The highest BCUT2D eigenvalue weighted by molar-refractivity contribution is 5.89. The van der Waals surface area contributed by atoms with Crippen LogP contribution in [0.3, 0.4) is 0 Å². The van der Waals surface area contributed by atoms with E-state index in [1.165, 1.54) is 0 Å². The van der Waals surface area contributed by atoms with Crippen LogP contribution in [0.2, 0.25) is 0 Å². The molecule has 18 heavy (non-hydrogen) atoms. The first-order valence-electron chi connectivity index (χ1n) is 5.70. The van der Waals surface area contributed by atoms with E-state index in [4.69, 9.17) is 9.63 Å². The lowest BCUT2D eigenvalue weighted by Crippen LogP contribution is -2.16.